The van der Waals surface area contributed by atoms with Gasteiger partial charge in [-0.1, -0.05) is 29.8 Å². The number of anilines is 1. The van der Waals surface area contributed by atoms with Crippen LogP contribution in [0.15, 0.2) is 48.5 Å². The number of methoxy groups -OCH3 is 1. The molecule has 1 atom stereocenters. The number of aryl methyl sites for hydroxylation is 1. The molecule has 0 bridgehead atoms. The molecule has 0 aliphatic carbocycles. The van der Waals surface area contributed by atoms with Crippen LogP contribution in [-0.2, 0) is 26.2 Å². The minimum atomic E-state index is -3.54. The number of carbonyl (C=O) groups excluding carboxylic acids is 2. The summed E-state index contributed by atoms with van der Waals surface area (Å²) < 4.78 is 31.2. The summed E-state index contributed by atoms with van der Waals surface area (Å²) >= 11 is 0. The quantitative estimate of drug-likeness (QED) is 0.494. The molecule has 2 rings (SSSR count). The molecule has 9 heteroatoms. The van der Waals surface area contributed by atoms with Crippen LogP contribution < -0.4 is 14.4 Å². The molecule has 186 valence electrons. The summed E-state index contributed by atoms with van der Waals surface area (Å²) in [7, 11) is -2.00. The third-order valence-electron chi connectivity index (χ3n) is 5.47. The summed E-state index contributed by atoms with van der Waals surface area (Å²) in [4.78, 5) is 27.2. The fourth-order valence-corrected chi connectivity index (χ4v) is 4.63. The van der Waals surface area contributed by atoms with E-state index in [9.17, 15) is 18.0 Å². The Labute approximate surface area is 202 Å². The first-order chi connectivity index (χ1) is 16.1. The lowest BCUT2D eigenvalue weighted by Crippen LogP contribution is -2.47. The van der Waals surface area contributed by atoms with Crippen molar-refractivity contribution < 1.29 is 22.7 Å². The summed E-state index contributed by atoms with van der Waals surface area (Å²) in [5.41, 5.74) is 2.50. The number of ether oxygens (including phenoxy) is 1. The van der Waals surface area contributed by atoms with Gasteiger partial charge < -0.3 is 15.0 Å². The molecular weight excluding hydrogens is 454 g/mol. The monoisotopic (exact) mass is 489 g/mol. The van der Waals surface area contributed by atoms with Gasteiger partial charge in [0.05, 0.1) is 19.1 Å². The highest BCUT2D eigenvalue weighted by Crippen LogP contribution is 2.22. The van der Waals surface area contributed by atoms with Gasteiger partial charge in [-0.3, -0.25) is 13.9 Å². The first-order valence-electron chi connectivity index (χ1n) is 11.3. The first kappa shape index (κ1) is 27.2. The third kappa shape index (κ3) is 7.76. The molecule has 0 aliphatic rings. The van der Waals surface area contributed by atoms with Gasteiger partial charge >= 0.3 is 0 Å². The van der Waals surface area contributed by atoms with Crippen LogP contribution in [0.4, 0.5) is 5.69 Å². The zero-order valence-electron chi connectivity index (χ0n) is 20.6. The van der Waals surface area contributed by atoms with E-state index in [2.05, 4.69) is 5.32 Å². The second-order valence-electron chi connectivity index (χ2n) is 8.22. The van der Waals surface area contributed by atoms with Crippen LogP contribution in [0.3, 0.4) is 0 Å². The molecule has 1 N–H and O–H groups in total. The van der Waals surface area contributed by atoms with Crippen LogP contribution in [0, 0.1) is 6.92 Å². The zero-order chi connectivity index (χ0) is 25.3. The molecule has 0 aromatic heterocycles. The van der Waals surface area contributed by atoms with Crippen molar-refractivity contribution in [2.24, 2.45) is 0 Å². The Hall–Kier alpha value is -3.07. The lowest BCUT2D eigenvalue weighted by atomic mass is 10.1. The van der Waals surface area contributed by atoms with Gasteiger partial charge in [0.2, 0.25) is 21.8 Å². The number of benzene rings is 2. The van der Waals surface area contributed by atoms with Gasteiger partial charge in [-0.05, 0) is 57.0 Å². The number of likely N-dealkylation sites (N-methyl/N-ethyl adjacent to an activating group) is 1. The van der Waals surface area contributed by atoms with Crippen molar-refractivity contribution in [3.05, 3.63) is 59.7 Å². The summed E-state index contributed by atoms with van der Waals surface area (Å²) in [6.45, 7) is 6.43. The Balaban J connectivity index is 2.14. The number of nitrogens with zero attached hydrogens (tertiary/aromatic N) is 2. The molecule has 0 saturated carbocycles. The largest absolute Gasteiger partial charge is 0.497 e. The molecule has 0 radical (unpaired) electrons. The molecule has 0 spiro atoms. The molecule has 0 heterocycles. The number of rotatable bonds is 12. The fraction of sp³-hybridized carbons (Fsp3) is 0.440. The maximum atomic E-state index is 13.2. The number of hydrogen-bond acceptors (Lipinski definition) is 5. The molecular formula is C25H35N3O5S. The lowest BCUT2D eigenvalue weighted by molar-refractivity contribution is -0.140. The normalized spacial score (nSPS) is 12.0. The lowest BCUT2D eigenvalue weighted by Gasteiger charge is -2.29. The van der Waals surface area contributed by atoms with Crippen molar-refractivity contribution in [3.8, 4) is 5.75 Å². The van der Waals surface area contributed by atoms with Gasteiger partial charge in [-0.2, -0.15) is 0 Å². The van der Waals surface area contributed by atoms with E-state index in [1.54, 1.807) is 43.2 Å². The van der Waals surface area contributed by atoms with Crippen LogP contribution in [0.2, 0.25) is 0 Å². The van der Waals surface area contributed by atoms with Crippen molar-refractivity contribution in [2.75, 3.05) is 30.8 Å². The van der Waals surface area contributed by atoms with Crippen LogP contribution in [0.1, 0.15) is 37.8 Å². The van der Waals surface area contributed by atoms with E-state index in [0.717, 1.165) is 17.4 Å². The highest BCUT2D eigenvalue weighted by atomic mass is 32.2. The number of amides is 2. The third-order valence-corrected chi connectivity index (χ3v) is 6.66. The second-order valence-corrected chi connectivity index (χ2v) is 10.1. The van der Waals surface area contributed by atoms with E-state index >= 15 is 0 Å². The van der Waals surface area contributed by atoms with Crippen molar-refractivity contribution in [2.45, 2.75) is 46.2 Å². The molecule has 8 nitrogen and oxygen atoms in total. The summed E-state index contributed by atoms with van der Waals surface area (Å²) in [6.07, 6.45) is 1.56. The summed E-state index contributed by atoms with van der Waals surface area (Å²) in [6, 6.07) is 13.9. The smallest absolute Gasteiger partial charge is 0.242 e. The summed E-state index contributed by atoms with van der Waals surface area (Å²) in [5, 5.41) is 2.77. The fourth-order valence-electron chi connectivity index (χ4n) is 3.66. The van der Waals surface area contributed by atoms with Gasteiger partial charge in [-0.25, -0.2) is 8.42 Å². The van der Waals surface area contributed by atoms with Crippen molar-refractivity contribution >= 4 is 27.5 Å². The Morgan fingerprint density at radius 1 is 1.12 bits per heavy atom. The second kappa shape index (κ2) is 12.4. The average molecular weight is 490 g/mol. The van der Waals surface area contributed by atoms with Crippen LogP contribution in [-0.4, -0.2) is 57.6 Å². The Kier molecular flexibility index (Phi) is 9.92. The highest BCUT2D eigenvalue weighted by Gasteiger charge is 2.26. The summed E-state index contributed by atoms with van der Waals surface area (Å²) in [5.74, 6) is 0.196. The van der Waals surface area contributed by atoms with Crippen LogP contribution >= 0.6 is 0 Å². The molecule has 0 fully saturated rings. The van der Waals surface area contributed by atoms with E-state index < -0.39 is 16.1 Å². The number of hydrogen-bond donors (Lipinski definition) is 1. The maximum absolute atomic E-state index is 13.2. The van der Waals surface area contributed by atoms with Crippen molar-refractivity contribution in [1.82, 2.24) is 10.2 Å². The van der Waals surface area contributed by atoms with E-state index in [0.29, 0.717) is 30.9 Å². The Morgan fingerprint density at radius 3 is 2.35 bits per heavy atom. The minimum absolute atomic E-state index is 0.109. The number of carbonyl (C=O) groups is 2. The first-order valence-corrected chi connectivity index (χ1v) is 13.2. The van der Waals surface area contributed by atoms with E-state index in [1.807, 2.05) is 38.1 Å². The Bertz CT molecular complexity index is 1070. The molecule has 2 amide bonds. The molecule has 0 unspecified atom stereocenters. The molecule has 2 aromatic carbocycles. The van der Waals surface area contributed by atoms with E-state index in [-0.39, 0.29) is 24.8 Å². The van der Waals surface area contributed by atoms with Crippen LogP contribution in [0.25, 0.3) is 0 Å². The average Bonchev–Trinajstić information content (AvgIpc) is 2.79. The van der Waals surface area contributed by atoms with Gasteiger partial charge in [0.25, 0.3) is 0 Å². The van der Waals surface area contributed by atoms with E-state index in [4.69, 9.17) is 4.74 Å². The molecule has 0 saturated heterocycles. The number of nitrogens with one attached hydrogen (secondary N) is 1. The van der Waals surface area contributed by atoms with Gasteiger partial charge in [0, 0.05) is 26.1 Å². The highest BCUT2D eigenvalue weighted by molar-refractivity contribution is 7.92. The SMILES string of the molecule is CCNC(=O)[C@@H](C)N(Cc1cccc(C)c1)C(=O)CCCN(c1ccc(OC)cc1)S(C)(=O)=O. The van der Waals surface area contributed by atoms with Crippen LogP contribution in [0.5, 0.6) is 5.75 Å². The minimum Gasteiger partial charge on any atom is -0.497 e. The number of sulfonamides is 1. The zero-order valence-corrected chi connectivity index (χ0v) is 21.4. The van der Waals surface area contributed by atoms with E-state index in [1.165, 1.54) is 4.31 Å². The topological polar surface area (TPSA) is 96.0 Å². The standard InChI is InChI=1S/C25H35N3O5S/c1-6-26-25(30)20(3)27(18-21-10-7-9-19(2)17-21)24(29)11-8-16-28(34(5,31)32)22-12-14-23(33-4)15-13-22/h7,9-10,12-15,17,20H,6,8,11,16,18H2,1-5H3,(H,26,30)/t20-/m1/s1. The van der Waals surface area contributed by atoms with Gasteiger partial charge in [0.15, 0.2) is 0 Å². The van der Waals surface area contributed by atoms with Crippen molar-refractivity contribution in [1.29, 1.82) is 0 Å². The maximum Gasteiger partial charge on any atom is 0.242 e. The molecule has 34 heavy (non-hydrogen) atoms. The molecule has 0 aliphatic heterocycles. The van der Waals surface area contributed by atoms with Gasteiger partial charge in [0.1, 0.15) is 11.8 Å². The van der Waals surface area contributed by atoms with Gasteiger partial charge in [-0.15, -0.1) is 0 Å². The van der Waals surface area contributed by atoms with Crippen molar-refractivity contribution in [3.63, 3.8) is 0 Å². The predicted molar refractivity (Wildman–Crippen MR) is 134 cm³/mol. The molecule has 2 aromatic rings. The Morgan fingerprint density at radius 2 is 1.79 bits per heavy atom. The predicted octanol–water partition coefficient (Wildman–Crippen LogP) is 3.10.